The van der Waals surface area contributed by atoms with E-state index >= 15 is 0 Å². The maximum absolute atomic E-state index is 5.99. The molecule has 0 bridgehead atoms. The largest absolute Gasteiger partial charge is 0.356 e. The third-order valence-electron chi connectivity index (χ3n) is 3.40. The molecule has 0 aromatic carbocycles. The Morgan fingerprint density at radius 2 is 1.94 bits per heavy atom. The van der Waals surface area contributed by atoms with Crippen molar-refractivity contribution in [2.45, 2.75) is 39.5 Å². The molecule has 0 unspecified atom stereocenters. The van der Waals surface area contributed by atoms with Crippen LogP contribution in [-0.2, 0) is 0 Å². The van der Waals surface area contributed by atoms with E-state index in [1.54, 1.807) is 0 Å². The Morgan fingerprint density at radius 3 is 2.53 bits per heavy atom. The summed E-state index contributed by atoms with van der Waals surface area (Å²) in [5, 5.41) is 0.366. The van der Waals surface area contributed by atoms with E-state index in [1.807, 2.05) is 0 Å². The highest BCUT2D eigenvalue weighted by molar-refractivity contribution is 6.28. The van der Waals surface area contributed by atoms with Crippen molar-refractivity contribution in [1.82, 2.24) is 9.97 Å². The Kier molecular flexibility index (Phi) is 3.87. The zero-order chi connectivity index (χ0) is 12.4. The lowest BCUT2D eigenvalue weighted by Crippen LogP contribution is -2.33. The Labute approximate surface area is 108 Å². The number of anilines is 1. The molecule has 0 atom stereocenters. The lowest BCUT2D eigenvalue weighted by atomic mass is 9.99. The monoisotopic (exact) mass is 253 g/mol. The fraction of sp³-hybridized carbons (Fsp3) is 0.692. The summed E-state index contributed by atoms with van der Waals surface area (Å²) in [7, 11) is 0. The van der Waals surface area contributed by atoms with Crippen LogP contribution in [-0.4, -0.2) is 23.1 Å². The Hall–Kier alpha value is -0.830. The third-order valence-corrected chi connectivity index (χ3v) is 3.57. The molecule has 17 heavy (non-hydrogen) atoms. The van der Waals surface area contributed by atoms with Gasteiger partial charge in [0.1, 0.15) is 5.82 Å². The van der Waals surface area contributed by atoms with Crippen LogP contribution in [0.2, 0.25) is 5.28 Å². The molecule has 1 aliphatic rings. The number of hydrogen-bond acceptors (Lipinski definition) is 3. The number of aromatic nitrogens is 2. The highest BCUT2D eigenvalue weighted by Crippen LogP contribution is 2.24. The summed E-state index contributed by atoms with van der Waals surface area (Å²) in [4.78, 5) is 10.9. The van der Waals surface area contributed by atoms with Crippen LogP contribution in [0, 0.1) is 5.92 Å². The predicted octanol–water partition coefficient (Wildman–Crippen LogP) is 3.49. The quantitative estimate of drug-likeness (QED) is 0.756. The van der Waals surface area contributed by atoms with E-state index in [-0.39, 0.29) is 0 Å². The summed E-state index contributed by atoms with van der Waals surface area (Å²) in [6.45, 7) is 8.71. The van der Waals surface area contributed by atoms with Gasteiger partial charge < -0.3 is 4.90 Å². The molecule has 1 aromatic rings. The van der Waals surface area contributed by atoms with E-state index in [1.165, 1.54) is 12.8 Å². The lowest BCUT2D eigenvalue weighted by Gasteiger charge is -2.31. The van der Waals surface area contributed by atoms with Crippen molar-refractivity contribution < 1.29 is 0 Å². The van der Waals surface area contributed by atoms with Gasteiger partial charge in [0.05, 0.1) is 5.69 Å². The maximum atomic E-state index is 5.99. The Bertz CT molecular complexity index is 384. The van der Waals surface area contributed by atoms with E-state index in [2.05, 4.69) is 41.7 Å². The van der Waals surface area contributed by atoms with Gasteiger partial charge in [0.25, 0.3) is 0 Å². The fourth-order valence-corrected chi connectivity index (χ4v) is 2.30. The van der Waals surface area contributed by atoms with Gasteiger partial charge in [-0.2, -0.15) is 0 Å². The minimum absolute atomic E-state index is 0.366. The second-order valence-corrected chi connectivity index (χ2v) is 5.58. The van der Waals surface area contributed by atoms with Crippen molar-refractivity contribution in [3.05, 3.63) is 17.0 Å². The van der Waals surface area contributed by atoms with Crippen molar-refractivity contribution in [1.29, 1.82) is 0 Å². The molecular formula is C13H20ClN3. The van der Waals surface area contributed by atoms with Crippen molar-refractivity contribution >= 4 is 17.4 Å². The van der Waals surface area contributed by atoms with Crippen LogP contribution in [0.1, 0.15) is 45.2 Å². The zero-order valence-electron chi connectivity index (χ0n) is 10.8. The van der Waals surface area contributed by atoms with Gasteiger partial charge in [0.2, 0.25) is 5.28 Å². The average Bonchev–Trinajstić information content (AvgIpc) is 2.29. The minimum Gasteiger partial charge on any atom is -0.356 e. The van der Waals surface area contributed by atoms with Gasteiger partial charge in [-0.1, -0.05) is 20.8 Å². The van der Waals surface area contributed by atoms with E-state index in [4.69, 9.17) is 11.6 Å². The summed E-state index contributed by atoms with van der Waals surface area (Å²) in [6, 6.07) is 2.08. The van der Waals surface area contributed by atoms with Crippen LogP contribution in [0.4, 0.5) is 5.82 Å². The fourth-order valence-electron chi connectivity index (χ4n) is 2.12. The van der Waals surface area contributed by atoms with Crippen LogP contribution in [0.3, 0.4) is 0 Å². The molecule has 2 heterocycles. The lowest BCUT2D eigenvalue weighted by molar-refractivity contribution is 0.436. The van der Waals surface area contributed by atoms with Crippen molar-refractivity contribution in [3.8, 4) is 0 Å². The zero-order valence-corrected chi connectivity index (χ0v) is 11.5. The first-order valence-electron chi connectivity index (χ1n) is 6.35. The van der Waals surface area contributed by atoms with Crippen molar-refractivity contribution in [3.63, 3.8) is 0 Å². The van der Waals surface area contributed by atoms with Gasteiger partial charge in [-0.05, 0) is 36.3 Å². The molecule has 0 spiro atoms. The van der Waals surface area contributed by atoms with Crippen LogP contribution >= 0.6 is 11.6 Å². The van der Waals surface area contributed by atoms with Gasteiger partial charge in [0, 0.05) is 19.2 Å². The number of piperidine rings is 1. The van der Waals surface area contributed by atoms with E-state index in [9.17, 15) is 0 Å². The highest BCUT2D eigenvalue weighted by atomic mass is 35.5. The first kappa shape index (κ1) is 12.6. The predicted molar refractivity (Wildman–Crippen MR) is 71.7 cm³/mol. The third kappa shape index (κ3) is 3.09. The molecule has 1 fully saturated rings. The van der Waals surface area contributed by atoms with Crippen molar-refractivity contribution in [2.24, 2.45) is 5.92 Å². The highest BCUT2D eigenvalue weighted by Gasteiger charge is 2.18. The molecule has 1 aliphatic heterocycles. The molecule has 1 saturated heterocycles. The summed E-state index contributed by atoms with van der Waals surface area (Å²) in [5.41, 5.74) is 1.03. The van der Waals surface area contributed by atoms with Gasteiger partial charge in [-0.25, -0.2) is 9.97 Å². The molecule has 0 radical (unpaired) electrons. The molecule has 0 saturated carbocycles. The second-order valence-electron chi connectivity index (χ2n) is 5.24. The molecule has 0 N–H and O–H groups in total. The smallest absolute Gasteiger partial charge is 0.224 e. The molecule has 2 rings (SSSR count). The number of hydrogen-bond donors (Lipinski definition) is 0. The molecule has 0 aliphatic carbocycles. The van der Waals surface area contributed by atoms with Gasteiger partial charge in [-0.15, -0.1) is 0 Å². The Morgan fingerprint density at radius 1 is 1.29 bits per heavy atom. The van der Waals surface area contributed by atoms with E-state index in [0.29, 0.717) is 11.2 Å². The van der Waals surface area contributed by atoms with Crippen molar-refractivity contribution in [2.75, 3.05) is 18.0 Å². The molecular weight excluding hydrogens is 234 g/mol. The molecule has 3 nitrogen and oxygen atoms in total. The summed E-state index contributed by atoms with van der Waals surface area (Å²) >= 11 is 5.99. The number of rotatable bonds is 2. The molecule has 94 valence electrons. The maximum Gasteiger partial charge on any atom is 0.224 e. The number of nitrogens with zero attached hydrogens (tertiary/aromatic N) is 3. The summed E-state index contributed by atoms with van der Waals surface area (Å²) in [5.74, 6) is 2.20. The van der Waals surface area contributed by atoms with Crippen LogP contribution in [0.5, 0.6) is 0 Å². The van der Waals surface area contributed by atoms with Crippen LogP contribution in [0.15, 0.2) is 6.07 Å². The molecule has 0 amide bonds. The minimum atomic E-state index is 0.366. The SMILES string of the molecule is CC1CCN(c2cc(C(C)C)nc(Cl)n2)CC1. The standard InChI is InChI=1S/C13H20ClN3/c1-9(2)11-8-12(16-13(14)15-11)17-6-4-10(3)5-7-17/h8-10H,4-7H2,1-3H3. The van der Waals surface area contributed by atoms with Crippen LogP contribution in [0.25, 0.3) is 0 Å². The van der Waals surface area contributed by atoms with E-state index < -0.39 is 0 Å². The first-order chi connectivity index (χ1) is 8.06. The summed E-state index contributed by atoms with van der Waals surface area (Å²) < 4.78 is 0. The van der Waals surface area contributed by atoms with Gasteiger partial charge in [0.15, 0.2) is 0 Å². The van der Waals surface area contributed by atoms with Gasteiger partial charge in [-0.3, -0.25) is 0 Å². The first-order valence-corrected chi connectivity index (χ1v) is 6.73. The van der Waals surface area contributed by atoms with Crippen LogP contribution < -0.4 is 4.90 Å². The number of halogens is 1. The normalized spacial score (nSPS) is 17.8. The molecule has 4 heteroatoms. The van der Waals surface area contributed by atoms with Gasteiger partial charge >= 0.3 is 0 Å². The molecule has 1 aromatic heterocycles. The Balaban J connectivity index is 2.20. The topological polar surface area (TPSA) is 29.0 Å². The summed E-state index contributed by atoms with van der Waals surface area (Å²) in [6.07, 6.45) is 2.47. The van der Waals surface area contributed by atoms with E-state index in [0.717, 1.165) is 30.5 Å². The average molecular weight is 254 g/mol. The second kappa shape index (κ2) is 5.21.